The van der Waals surface area contributed by atoms with Gasteiger partial charge in [0, 0.05) is 17.7 Å². The zero-order valence-corrected chi connectivity index (χ0v) is 10.8. The van der Waals surface area contributed by atoms with Crippen molar-refractivity contribution in [2.75, 3.05) is 7.05 Å². The highest BCUT2D eigenvalue weighted by atomic mass is 19.2. The molecule has 4 heteroatoms. The zero-order valence-electron chi connectivity index (χ0n) is 10.8. The Kier molecular flexibility index (Phi) is 4.12. The minimum Gasteiger partial charge on any atom is -0.457 e. The van der Waals surface area contributed by atoms with Gasteiger partial charge in [0.25, 0.3) is 0 Å². The molecule has 2 aromatic carbocycles. The van der Waals surface area contributed by atoms with Gasteiger partial charge in [0.1, 0.15) is 11.5 Å². The fraction of sp³-hybridized carbons (Fsp3) is 0.200. The minimum atomic E-state index is -0.920. The van der Waals surface area contributed by atoms with Crippen molar-refractivity contribution in [3.63, 3.8) is 0 Å². The molecule has 1 atom stereocenters. The molecule has 2 nitrogen and oxygen atoms in total. The van der Waals surface area contributed by atoms with Gasteiger partial charge in [-0.25, -0.2) is 8.78 Å². The van der Waals surface area contributed by atoms with Crippen molar-refractivity contribution >= 4 is 0 Å². The van der Waals surface area contributed by atoms with E-state index < -0.39 is 11.6 Å². The number of hydrogen-bond donors (Lipinski definition) is 1. The fourth-order valence-corrected chi connectivity index (χ4v) is 1.75. The van der Waals surface area contributed by atoms with Crippen molar-refractivity contribution < 1.29 is 13.5 Å². The summed E-state index contributed by atoms with van der Waals surface area (Å²) in [5.74, 6) is -0.911. The van der Waals surface area contributed by atoms with Crippen LogP contribution in [0.2, 0.25) is 0 Å². The van der Waals surface area contributed by atoms with Crippen LogP contribution in [0, 0.1) is 11.6 Å². The lowest BCUT2D eigenvalue weighted by atomic mass is 10.1. The fourth-order valence-electron chi connectivity index (χ4n) is 1.75. The molecule has 2 rings (SSSR count). The van der Waals surface area contributed by atoms with Gasteiger partial charge in [0.2, 0.25) is 0 Å². The van der Waals surface area contributed by atoms with E-state index in [-0.39, 0.29) is 11.8 Å². The second-order valence-corrected chi connectivity index (χ2v) is 4.23. The van der Waals surface area contributed by atoms with Crippen LogP contribution in [0.1, 0.15) is 18.5 Å². The molecule has 0 saturated carbocycles. The van der Waals surface area contributed by atoms with E-state index in [1.807, 2.05) is 32.2 Å². The van der Waals surface area contributed by atoms with E-state index in [2.05, 4.69) is 5.32 Å². The van der Waals surface area contributed by atoms with Gasteiger partial charge in [-0.2, -0.15) is 0 Å². The summed E-state index contributed by atoms with van der Waals surface area (Å²) in [6.45, 7) is 1.99. The Balaban J connectivity index is 2.30. The van der Waals surface area contributed by atoms with Crippen LogP contribution in [0.4, 0.5) is 8.78 Å². The summed E-state index contributed by atoms with van der Waals surface area (Å²) in [5, 5.41) is 3.11. The molecule has 19 heavy (non-hydrogen) atoms. The van der Waals surface area contributed by atoms with Gasteiger partial charge in [-0.05, 0) is 32.2 Å². The Morgan fingerprint density at radius 1 is 1.05 bits per heavy atom. The third-order valence-corrected chi connectivity index (χ3v) is 2.94. The van der Waals surface area contributed by atoms with Crippen LogP contribution in [-0.4, -0.2) is 7.05 Å². The van der Waals surface area contributed by atoms with Gasteiger partial charge in [-0.15, -0.1) is 0 Å². The second kappa shape index (κ2) is 5.80. The van der Waals surface area contributed by atoms with Gasteiger partial charge < -0.3 is 10.1 Å². The summed E-state index contributed by atoms with van der Waals surface area (Å²) >= 11 is 0. The molecule has 0 bridgehead atoms. The Bertz CT molecular complexity index is 572. The van der Waals surface area contributed by atoms with Crippen molar-refractivity contribution in [3.05, 3.63) is 59.7 Å². The predicted molar refractivity (Wildman–Crippen MR) is 70.3 cm³/mol. The second-order valence-electron chi connectivity index (χ2n) is 4.23. The molecule has 1 unspecified atom stereocenters. The Morgan fingerprint density at radius 2 is 1.79 bits per heavy atom. The largest absolute Gasteiger partial charge is 0.457 e. The Labute approximate surface area is 111 Å². The summed E-state index contributed by atoms with van der Waals surface area (Å²) in [5.41, 5.74) is 0.953. The molecule has 0 aliphatic rings. The molecular formula is C15H15F2NO. The summed E-state index contributed by atoms with van der Waals surface area (Å²) in [4.78, 5) is 0. The highest BCUT2D eigenvalue weighted by Gasteiger charge is 2.11. The van der Waals surface area contributed by atoms with Crippen molar-refractivity contribution in [2.24, 2.45) is 0 Å². The molecule has 0 radical (unpaired) electrons. The highest BCUT2D eigenvalue weighted by molar-refractivity contribution is 5.39. The van der Waals surface area contributed by atoms with Crippen LogP contribution >= 0.6 is 0 Å². The summed E-state index contributed by atoms with van der Waals surface area (Å²) < 4.78 is 31.6. The van der Waals surface area contributed by atoms with Crippen molar-refractivity contribution in [1.29, 1.82) is 0 Å². The molecule has 0 aromatic heterocycles. The van der Waals surface area contributed by atoms with E-state index in [4.69, 9.17) is 4.74 Å². The lowest BCUT2D eigenvalue weighted by Crippen LogP contribution is -2.13. The summed E-state index contributed by atoms with van der Waals surface area (Å²) in [6.07, 6.45) is 0. The van der Waals surface area contributed by atoms with Gasteiger partial charge in [-0.3, -0.25) is 0 Å². The molecule has 2 aromatic rings. The lowest BCUT2D eigenvalue weighted by Gasteiger charge is -2.16. The topological polar surface area (TPSA) is 21.3 Å². The van der Waals surface area contributed by atoms with Gasteiger partial charge in [0.15, 0.2) is 11.6 Å². The minimum absolute atomic E-state index is 0.0986. The number of para-hydroxylation sites is 1. The lowest BCUT2D eigenvalue weighted by molar-refractivity contribution is 0.451. The number of ether oxygens (including phenoxy) is 1. The standard InChI is InChI=1S/C15H15F2NO/c1-10(18-2)12-5-3-4-6-15(12)19-11-7-8-13(16)14(17)9-11/h3-10,18H,1-2H3. The molecule has 0 aliphatic carbocycles. The summed E-state index contributed by atoms with van der Waals surface area (Å²) in [7, 11) is 1.85. The van der Waals surface area contributed by atoms with Gasteiger partial charge in [-0.1, -0.05) is 18.2 Å². The van der Waals surface area contributed by atoms with E-state index in [1.165, 1.54) is 6.07 Å². The quantitative estimate of drug-likeness (QED) is 0.899. The maximum absolute atomic E-state index is 13.1. The van der Waals surface area contributed by atoms with Crippen LogP contribution < -0.4 is 10.1 Å². The van der Waals surface area contributed by atoms with Gasteiger partial charge >= 0.3 is 0 Å². The van der Waals surface area contributed by atoms with Crippen LogP contribution in [0.5, 0.6) is 11.5 Å². The maximum Gasteiger partial charge on any atom is 0.162 e. The summed E-state index contributed by atoms with van der Waals surface area (Å²) in [6, 6.07) is 11.1. The number of halogens is 2. The zero-order chi connectivity index (χ0) is 13.8. The normalized spacial score (nSPS) is 12.2. The first-order valence-corrected chi connectivity index (χ1v) is 6.01. The Hall–Kier alpha value is -1.94. The van der Waals surface area contributed by atoms with E-state index in [9.17, 15) is 8.78 Å². The number of benzene rings is 2. The molecule has 0 aliphatic heterocycles. The van der Waals surface area contributed by atoms with E-state index >= 15 is 0 Å². The van der Waals surface area contributed by atoms with Crippen molar-refractivity contribution in [1.82, 2.24) is 5.32 Å². The van der Waals surface area contributed by atoms with Crippen LogP contribution in [0.15, 0.2) is 42.5 Å². The van der Waals surface area contributed by atoms with Crippen LogP contribution in [0.3, 0.4) is 0 Å². The maximum atomic E-state index is 13.1. The number of hydrogen-bond acceptors (Lipinski definition) is 2. The first-order chi connectivity index (χ1) is 9.11. The van der Waals surface area contributed by atoms with E-state index in [0.29, 0.717) is 5.75 Å². The monoisotopic (exact) mass is 263 g/mol. The highest BCUT2D eigenvalue weighted by Crippen LogP contribution is 2.29. The average molecular weight is 263 g/mol. The molecule has 100 valence electrons. The van der Waals surface area contributed by atoms with E-state index in [1.54, 1.807) is 6.07 Å². The number of nitrogens with one attached hydrogen (secondary N) is 1. The predicted octanol–water partition coefficient (Wildman–Crippen LogP) is 4.04. The Morgan fingerprint density at radius 3 is 2.47 bits per heavy atom. The first-order valence-electron chi connectivity index (χ1n) is 6.01. The molecule has 0 heterocycles. The number of rotatable bonds is 4. The third-order valence-electron chi connectivity index (χ3n) is 2.94. The van der Waals surface area contributed by atoms with Crippen LogP contribution in [0.25, 0.3) is 0 Å². The molecule has 0 saturated heterocycles. The SMILES string of the molecule is CNC(C)c1ccccc1Oc1ccc(F)c(F)c1. The average Bonchev–Trinajstić information content (AvgIpc) is 2.43. The molecular weight excluding hydrogens is 248 g/mol. The molecule has 0 spiro atoms. The van der Waals surface area contributed by atoms with Crippen molar-refractivity contribution in [2.45, 2.75) is 13.0 Å². The first kappa shape index (κ1) is 13.5. The molecule has 0 amide bonds. The van der Waals surface area contributed by atoms with Crippen LogP contribution in [-0.2, 0) is 0 Å². The van der Waals surface area contributed by atoms with E-state index in [0.717, 1.165) is 17.7 Å². The molecule has 0 fully saturated rings. The third kappa shape index (κ3) is 3.09. The van der Waals surface area contributed by atoms with Gasteiger partial charge in [0.05, 0.1) is 0 Å². The molecule has 1 N–H and O–H groups in total. The van der Waals surface area contributed by atoms with Crippen molar-refractivity contribution in [3.8, 4) is 11.5 Å². The smallest absolute Gasteiger partial charge is 0.162 e.